The Morgan fingerprint density at radius 2 is 1.83 bits per heavy atom. The van der Waals surface area contributed by atoms with Crippen molar-refractivity contribution in [2.75, 3.05) is 31.2 Å². The van der Waals surface area contributed by atoms with Crippen molar-refractivity contribution in [2.24, 2.45) is 5.92 Å². The Balaban J connectivity index is 1.31. The van der Waals surface area contributed by atoms with Gasteiger partial charge < -0.3 is 19.7 Å². The van der Waals surface area contributed by atoms with Gasteiger partial charge in [-0.15, -0.1) is 0 Å². The van der Waals surface area contributed by atoms with E-state index >= 15 is 0 Å². The molecule has 2 aliphatic rings. The molecule has 0 radical (unpaired) electrons. The molecule has 1 fully saturated rings. The number of nitro groups is 1. The predicted molar refractivity (Wildman–Crippen MR) is 107 cm³/mol. The molecule has 29 heavy (non-hydrogen) atoms. The lowest BCUT2D eigenvalue weighted by Gasteiger charge is -2.32. The second kappa shape index (κ2) is 8.38. The molecule has 2 heterocycles. The maximum atomic E-state index is 12.6. The number of benzene rings is 2. The molecule has 0 bridgehead atoms. The third-order valence-electron chi connectivity index (χ3n) is 5.36. The standard InChI is InChI=1S/C21H23N3O5/c25-21(22-14-15-5-6-19-20(13-15)29-12-11-28-19)16-7-9-23(10-8-16)17-3-1-2-4-18(17)24(26)27/h1-6,13,16H,7-12,14H2,(H,22,25). The van der Waals surface area contributed by atoms with Crippen LogP contribution in [0.15, 0.2) is 42.5 Å². The number of nitrogens with one attached hydrogen (secondary N) is 1. The van der Waals surface area contributed by atoms with Gasteiger partial charge in [0.1, 0.15) is 18.9 Å². The largest absolute Gasteiger partial charge is 0.486 e. The minimum Gasteiger partial charge on any atom is -0.486 e. The van der Waals surface area contributed by atoms with Crippen molar-refractivity contribution in [3.63, 3.8) is 0 Å². The van der Waals surface area contributed by atoms with Crippen LogP contribution in [0.3, 0.4) is 0 Å². The van der Waals surface area contributed by atoms with Crippen molar-refractivity contribution >= 4 is 17.3 Å². The molecule has 1 N–H and O–H groups in total. The Morgan fingerprint density at radius 3 is 2.59 bits per heavy atom. The number of fused-ring (bicyclic) bond motifs is 1. The molecule has 2 aliphatic heterocycles. The summed E-state index contributed by atoms with van der Waals surface area (Å²) in [6.07, 6.45) is 1.33. The lowest BCUT2D eigenvalue weighted by molar-refractivity contribution is -0.384. The van der Waals surface area contributed by atoms with Crippen LogP contribution in [-0.2, 0) is 11.3 Å². The zero-order valence-corrected chi connectivity index (χ0v) is 16.0. The van der Waals surface area contributed by atoms with Gasteiger partial charge in [0.2, 0.25) is 5.91 Å². The number of nitrogens with zero attached hydrogens (tertiary/aromatic N) is 2. The van der Waals surface area contributed by atoms with Crippen molar-refractivity contribution < 1.29 is 19.2 Å². The summed E-state index contributed by atoms with van der Waals surface area (Å²) in [7, 11) is 0. The molecule has 152 valence electrons. The summed E-state index contributed by atoms with van der Waals surface area (Å²) < 4.78 is 11.1. The minimum absolute atomic E-state index is 0.0158. The summed E-state index contributed by atoms with van der Waals surface area (Å²) in [5.74, 6) is 1.36. The number of ether oxygens (including phenoxy) is 2. The van der Waals surface area contributed by atoms with Gasteiger partial charge in [-0.1, -0.05) is 18.2 Å². The third-order valence-corrected chi connectivity index (χ3v) is 5.36. The van der Waals surface area contributed by atoms with Gasteiger partial charge >= 0.3 is 0 Å². The highest BCUT2D eigenvalue weighted by molar-refractivity contribution is 5.79. The molecule has 4 rings (SSSR count). The lowest BCUT2D eigenvalue weighted by atomic mass is 9.95. The first-order chi connectivity index (χ1) is 14.1. The second-order valence-corrected chi connectivity index (χ2v) is 7.20. The molecule has 8 heteroatoms. The van der Waals surface area contributed by atoms with Crippen molar-refractivity contribution in [2.45, 2.75) is 19.4 Å². The van der Waals surface area contributed by atoms with Gasteiger partial charge in [0.05, 0.1) is 4.92 Å². The first-order valence-corrected chi connectivity index (χ1v) is 9.76. The van der Waals surface area contributed by atoms with Gasteiger partial charge in [0, 0.05) is 31.6 Å². The van der Waals surface area contributed by atoms with Crippen LogP contribution in [-0.4, -0.2) is 37.1 Å². The summed E-state index contributed by atoms with van der Waals surface area (Å²) in [6.45, 7) is 2.74. The summed E-state index contributed by atoms with van der Waals surface area (Å²) >= 11 is 0. The van der Waals surface area contributed by atoms with Crippen LogP contribution >= 0.6 is 0 Å². The monoisotopic (exact) mass is 397 g/mol. The van der Waals surface area contributed by atoms with E-state index < -0.39 is 0 Å². The highest BCUT2D eigenvalue weighted by Crippen LogP contribution is 2.32. The number of nitro benzene ring substituents is 1. The molecule has 0 spiro atoms. The lowest BCUT2D eigenvalue weighted by Crippen LogP contribution is -2.40. The number of anilines is 1. The van der Waals surface area contributed by atoms with Crippen molar-refractivity contribution in [1.82, 2.24) is 5.32 Å². The topological polar surface area (TPSA) is 93.9 Å². The number of carbonyl (C=O) groups excluding carboxylic acids is 1. The Kier molecular flexibility index (Phi) is 5.50. The quantitative estimate of drug-likeness (QED) is 0.616. The Bertz CT molecular complexity index is 909. The van der Waals surface area contributed by atoms with Gasteiger partial charge in [-0.05, 0) is 36.6 Å². The third kappa shape index (κ3) is 4.26. The first-order valence-electron chi connectivity index (χ1n) is 9.76. The summed E-state index contributed by atoms with van der Waals surface area (Å²) in [6, 6.07) is 12.4. The van der Waals surface area contributed by atoms with E-state index in [1.54, 1.807) is 18.2 Å². The summed E-state index contributed by atoms with van der Waals surface area (Å²) in [5, 5.41) is 14.2. The number of hydrogen-bond donors (Lipinski definition) is 1. The number of para-hydroxylation sites is 2. The van der Waals surface area contributed by atoms with Crippen LogP contribution in [0.1, 0.15) is 18.4 Å². The SMILES string of the molecule is O=C(NCc1ccc2c(c1)OCCO2)C1CCN(c2ccccc2[N+](=O)[O-])CC1. The Hall–Kier alpha value is -3.29. The molecule has 2 aromatic rings. The number of piperidine rings is 1. The van der Waals surface area contributed by atoms with Crippen LogP contribution in [0.5, 0.6) is 11.5 Å². The maximum absolute atomic E-state index is 12.6. The predicted octanol–water partition coefficient (Wildman–Crippen LogP) is 2.90. The van der Waals surface area contributed by atoms with Crippen LogP contribution in [0.25, 0.3) is 0 Å². The molecule has 0 aromatic heterocycles. The van der Waals surface area contributed by atoms with Crippen molar-refractivity contribution in [1.29, 1.82) is 0 Å². The molecular weight excluding hydrogens is 374 g/mol. The molecule has 0 unspecified atom stereocenters. The first kappa shape index (κ1) is 19.0. The van der Waals surface area contributed by atoms with E-state index in [4.69, 9.17) is 9.47 Å². The fourth-order valence-electron chi connectivity index (χ4n) is 3.80. The fourth-order valence-corrected chi connectivity index (χ4v) is 3.80. The van der Waals surface area contributed by atoms with Gasteiger partial charge in [0.25, 0.3) is 5.69 Å². The molecule has 1 amide bonds. The van der Waals surface area contributed by atoms with E-state index in [0.717, 1.165) is 11.3 Å². The van der Waals surface area contributed by atoms with Crippen LogP contribution in [0, 0.1) is 16.0 Å². The number of rotatable bonds is 5. The zero-order valence-electron chi connectivity index (χ0n) is 16.0. The average Bonchev–Trinajstić information content (AvgIpc) is 2.77. The van der Waals surface area contributed by atoms with Gasteiger partial charge in [0.15, 0.2) is 11.5 Å². The van der Waals surface area contributed by atoms with Crippen molar-refractivity contribution in [3.8, 4) is 11.5 Å². The van der Waals surface area contributed by atoms with Gasteiger partial charge in [-0.3, -0.25) is 14.9 Å². The highest BCUT2D eigenvalue weighted by atomic mass is 16.6. The smallest absolute Gasteiger partial charge is 0.292 e. The minimum atomic E-state index is -0.360. The maximum Gasteiger partial charge on any atom is 0.292 e. The van der Waals surface area contributed by atoms with Crippen molar-refractivity contribution in [3.05, 3.63) is 58.1 Å². The molecule has 2 aromatic carbocycles. The van der Waals surface area contributed by atoms with E-state index in [-0.39, 0.29) is 22.4 Å². The molecule has 0 atom stereocenters. The van der Waals surface area contributed by atoms with E-state index in [1.165, 1.54) is 6.07 Å². The van der Waals surface area contributed by atoms with Crippen LogP contribution in [0.2, 0.25) is 0 Å². The number of hydrogen-bond acceptors (Lipinski definition) is 6. The van der Waals surface area contributed by atoms with E-state index in [9.17, 15) is 14.9 Å². The van der Waals surface area contributed by atoms with E-state index in [0.29, 0.717) is 57.1 Å². The zero-order chi connectivity index (χ0) is 20.2. The van der Waals surface area contributed by atoms with E-state index in [2.05, 4.69) is 5.32 Å². The molecule has 0 saturated carbocycles. The molecule has 8 nitrogen and oxygen atoms in total. The molecule has 1 saturated heterocycles. The fraction of sp³-hybridized carbons (Fsp3) is 0.381. The normalized spacial score (nSPS) is 16.3. The van der Waals surface area contributed by atoms with Crippen LogP contribution < -0.4 is 19.7 Å². The van der Waals surface area contributed by atoms with E-state index in [1.807, 2.05) is 23.1 Å². The summed E-state index contributed by atoms with van der Waals surface area (Å²) in [4.78, 5) is 25.5. The Morgan fingerprint density at radius 1 is 1.10 bits per heavy atom. The molecular formula is C21H23N3O5. The molecule has 0 aliphatic carbocycles. The number of amides is 1. The van der Waals surface area contributed by atoms with Crippen LogP contribution in [0.4, 0.5) is 11.4 Å². The second-order valence-electron chi connectivity index (χ2n) is 7.20. The van der Waals surface area contributed by atoms with Gasteiger partial charge in [-0.25, -0.2) is 0 Å². The van der Waals surface area contributed by atoms with Gasteiger partial charge in [-0.2, -0.15) is 0 Å². The number of carbonyl (C=O) groups is 1. The highest BCUT2D eigenvalue weighted by Gasteiger charge is 2.28. The average molecular weight is 397 g/mol. The summed E-state index contributed by atoms with van der Waals surface area (Å²) in [5.41, 5.74) is 1.68. The Labute approximate surface area is 168 Å².